The Morgan fingerprint density at radius 2 is 1.54 bits per heavy atom. The summed E-state index contributed by atoms with van der Waals surface area (Å²) in [5.74, 6) is -0.113. The highest BCUT2D eigenvalue weighted by Crippen LogP contribution is 2.52. The molecule has 0 spiro atoms. The fourth-order valence-electron chi connectivity index (χ4n) is 3.94. The maximum Gasteiger partial charge on any atom is 0.264 e. The number of aryl methyl sites for hydroxylation is 2. The number of sulfonamides is 1. The molecular formula is C24H23NO2S. The molecule has 0 N–H and O–H groups in total. The van der Waals surface area contributed by atoms with Crippen LogP contribution in [0.15, 0.2) is 90.3 Å². The van der Waals surface area contributed by atoms with Gasteiger partial charge in [0.2, 0.25) is 0 Å². The normalized spacial score (nSPS) is 18.7. The number of benzene rings is 3. The van der Waals surface area contributed by atoms with E-state index in [1.54, 1.807) is 16.4 Å². The van der Waals surface area contributed by atoms with E-state index in [9.17, 15) is 8.42 Å². The van der Waals surface area contributed by atoms with Gasteiger partial charge in [0.15, 0.2) is 0 Å². The van der Waals surface area contributed by atoms with Gasteiger partial charge in [0.05, 0.1) is 16.6 Å². The molecule has 0 saturated heterocycles. The predicted molar refractivity (Wildman–Crippen MR) is 114 cm³/mol. The summed E-state index contributed by atoms with van der Waals surface area (Å²) in [6, 6.07) is 22.5. The summed E-state index contributed by atoms with van der Waals surface area (Å²) in [5.41, 5.74) is 4.74. The van der Waals surface area contributed by atoms with Gasteiger partial charge >= 0.3 is 0 Å². The number of fused-ring (bicyclic) bond motifs is 1. The third kappa shape index (κ3) is 2.94. The lowest BCUT2D eigenvalue weighted by molar-refractivity contribution is 0.576. The van der Waals surface area contributed by atoms with Gasteiger partial charge in [-0.05, 0) is 48.7 Å². The summed E-state index contributed by atoms with van der Waals surface area (Å²) in [5, 5.41) is 0. The van der Waals surface area contributed by atoms with Crippen molar-refractivity contribution in [1.29, 1.82) is 0 Å². The molecule has 0 unspecified atom stereocenters. The van der Waals surface area contributed by atoms with Crippen molar-refractivity contribution in [2.24, 2.45) is 0 Å². The first kappa shape index (κ1) is 18.5. The highest BCUT2D eigenvalue weighted by atomic mass is 32.2. The largest absolute Gasteiger partial charge is 0.264 e. The van der Waals surface area contributed by atoms with Crippen LogP contribution in [0.2, 0.25) is 0 Å². The van der Waals surface area contributed by atoms with Crippen LogP contribution in [0.4, 0.5) is 5.69 Å². The van der Waals surface area contributed by atoms with Crippen LogP contribution in [-0.2, 0) is 10.0 Å². The van der Waals surface area contributed by atoms with E-state index >= 15 is 0 Å². The summed E-state index contributed by atoms with van der Waals surface area (Å²) in [6.45, 7) is 7.95. The van der Waals surface area contributed by atoms with E-state index in [1.165, 1.54) is 0 Å². The van der Waals surface area contributed by atoms with E-state index in [4.69, 9.17) is 0 Å². The van der Waals surface area contributed by atoms with Gasteiger partial charge in [0.1, 0.15) is 0 Å². The number of nitrogens with zero attached hydrogens (tertiary/aromatic N) is 1. The Hall–Kier alpha value is -2.85. The summed E-state index contributed by atoms with van der Waals surface area (Å²) in [6.07, 6.45) is 1.86. The fraction of sp³-hybridized carbons (Fsp3) is 0.167. The second-order valence-corrected chi connectivity index (χ2v) is 9.11. The van der Waals surface area contributed by atoms with E-state index in [0.29, 0.717) is 4.90 Å². The lowest BCUT2D eigenvalue weighted by Crippen LogP contribution is -2.33. The molecule has 2 atom stereocenters. The van der Waals surface area contributed by atoms with Crippen LogP contribution in [-0.4, -0.2) is 8.42 Å². The summed E-state index contributed by atoms with van der Waals surface area (Å²) in [4.78, 5) is 0.302. The first-order valence-electron chi connectivity index (χ1n) is 9.32. The minimum atomic E-state index is -3.74. The quantitative estimate of drug-likeness (QED) is 0.551. The molecule has 3 nitrogen and oxygen atoms in total. The van der Waals surface area contributed by atoms with Crippen molar-refractivity contribution in [3.8, 4) is 0 Å². The molecule has 142 valence electrons. The van der Waals surface area contributed by atoms with Gasteiger partial charge in [-0.2, -0.15) is 0 Å². The summed E-state index contributed by atoms with van der Waals surface area (Å²) < 4.78 is 29.1. The van der Waals surface area contributed by atoms with Crippen LogP contribution in [0.3, 0.4) is 0 Å². The Morgan fingerprint density at radius 3 is 2.18 bits per heavy atom. The SMILES string of the molecule is C=C[C@H]1c2ccc(C)cc2N(S(=O)(=O)c2ccc(C)cc2)[C@@H]1c1ccccc1. The van der Waals surface area contributed by atoms with E-state index in [0.717, 1.165) is 27.9 Å². The Morgan fingerprint density at radius 1 is 0.893 bits per heavy atom. The van der Waals surface area contributed by atoms with Crippen LogP contribution in [0, 0.1) is 13.8 Å². The van der Waals surface area contributed by atoms with Crippen LogP contribution in [0.25, 0.3) is 0 Å². The molecular weight excluding hydrogens is 366 g/mol. The lowest BCUT2D eigenvalue weighted by Gasteiger charge is -2.29. The van der Waals surface area contributed by atoms with E-state index < -0.39 is 10.0 Å². The molecule has 0 aliphatic carbocycles. The van der Waals surface area contributed by atoms with Crippen LogP contribution in [0.1, 0.15) is 34.2 Å². The zero-order valence-electron chi connectivity index (χ0n) is 16.0. The van der Waals surface area contributed by atoms with Gasteiger partial charge in [-0.1, -0.05) is 66.2 Å². The third-order valence-electron chi connectivity index (χ3n) is 5.35. The molecule has 0 saturated carbocycles. The van der Waals surface area contributed by atoms with Gasteiger partial charge in [0.25, 0.3) is 10.0 Å². The molecule has 28 heavy (non-hydrogen) atoms. The van der Waals surface area contributed by atoms with Gasteiger partial charge in [-0.3, -0.25) is 4.31 Å². The van der Waals surface area contributed by atoms with Gasteiger partial charge < -0.3 is 0 Å². The molecule has 0 fully saturated rings. The molecule has 0 bridgehead atoms. The fourth-order valence-corrected chi connectivity index (χ4v) is 5.62. The Kier molecular flexibility index (Phi) is 4.60. The van der Waals surface area contributed by atoms with Crippen molar-refractivity contribution in [2.45, 2.75) is 30.7 Å². The van der Waals surface area contributed by atoms with E-state index in [2.05, 4.69) is 6.58 Å². The van der Waals surface area contributed by atoms with Gasteiger partial charge in [0, 0.05) is 5.92 Å². The average Bonchev–Trinajstić information content (AvgIpc) is 3.03. The van der Waals surface area contributed by atoms with Crippen molar-refractivity contribution >= 4 is 15.7 Å². The maximum absolute atomic E-state index is 13.8. The van der Waals surface area contributed by atoms with Crippen molar-refractivity contribution in [2.75, 3.05) is 4.31 Å². The molecule has 0 radical (unpaired) electrons. The highest BCUT2D eigenvalue weighted by Gasteiger charge is 2.44. The molecule has 4 rings (SSSR count). The van der Waals surface area contributed by atoms with Crippen LogP contribution in [0.5, 0.6) is 0 Å². The molecule has 3 aromatic rings. The maximum atomic E-state index is 13.8. The zero-order valence-corrected chi connectivity index (χ0v) is 16.9. The third-order valence-corrected chi connectivity index (χ3v) is 7.16. The highest BCUT2D eigenvalue weighted by molar-refractivity contribution is 7.92. The molecule has 0 aromatic heterocycles. The topological polar surface area (TPSA) is 37.4 Å². The Balaban J connectivity index is 1.97. The first-order chi connectivity index (χ1) is 13.4. The number of rotatable bonds is 4. The minimum Gasteiger partial charge on any atom is -0.258 e. The zero-order chi connectivity index (χ0) is 19.9. The lowest BCUT2D eigenvalue weighted by atomic mass is 9.90. The van der Waals surface area contributed by atoms with Crippen molar-refractivity contribution in [3.63, 3.8) is 0 Å². The van der Waals surface area contributed by atoms with Gasteiger partial charge in [-0.25, -0.2) is 8.42 Å². The van der Waals surface area contributed by atoms with E-state index in [1.807, 2.05) is 80.6 Å². The molecule has 1 aliphatic heterocycles. The second kappa shape index (κ2) is 6.95. The standard InChI is InChI=1S/C24H23NO2S/c1-4-21-22-15-12-18(3)16-23(22)25(24(21)19-8-6-5-7-9-19)28(26,27)20-13-10-17(2)11-14-20/h4-16,21,24H,1H2,2-3H3/t21-,24+/m0/s1. The number of hydrogen-bond acceptors (Lipinski definition) is 2. The Labute approximate surface area is 167 Å². The summed E-state index contributed by atoms with van der Waals surface area (Å²) >= 11 is 0. The number of hydrogen-bond donors (Lipinski definition) is 0. The molecule has 1 aliphatic rings. The Bertz CT molecular complexity index is 1120. The molecule has 3 aromatic carbocycles. The minimum absolute atomic E-state index is 0.113. The smallest absolute Gasteiger partial charge is 0.258 e. The molecule has 1 heterocycles. The first-order valence-corrected chi connectivity index (χ1v) is 10.8. The van der Waals surface area contributed by atoms with E-state index in [-0.39, 0.29) is 12.0 Å². The number of anilines is 1. The van der Waals surface area contributed by atoms with Crippen LogP contribution >= 0.6 is 0 Å². The van der Waals surface area contributed by atoms with Gasteiger partial charge in [-0.15, -0.1) is 6.58 Å². The van der Waals surface area contributed by atoms with Crippen molar-refractivity contribution in [1.82, 2.24) is 0 Å². The monoisotopic (exact) mass is 389 g/mol. The second-order valence-electron chi connectivity index (χ2n) is 7.29. The van der Waals surface area contributed by atoms with Crippen LogP contribution < -0.4 is 4.31 Å². The van der Waals surface area contributed by atoms with Crippen molar-refractivity contribution < 1.29 is 8.42 Å². The summed E-state index contributed by atoms with van der Waals surface area (Å²) in [7, 11) is -3.74. The molecule has 0 amide bonds. The van der Waals surface area contributed by atoms with Crippen molar-refractivity contribution in [3.05, 3.63) is 108 Å². The average molecular weight is 390 g/mol. The predicted octanol–water partition coefficient (Wildman–Crippen LogP) is 5.52. The molecule has 4 heteroatoms.